The number of aromatic nitrogens is 3. The molecule has 1 amide bonds. The normalized spacial score (nSPS) is 11.7. The fourth-order valence-corrected chi connectivity index (χ4v) is 3.73. The van der Waals surface area contributed by atoms with E-state index >= 15 is 0 Å². The van der Waals surface area contributed by atoms with Gasteiger partial charge >= 0.3 is 0 Å². The van der Waals surface area contributed by atoms with Gasteiger partial charge in [-0.25, -0.2) is 4.68 Å². The second kappa shape index (κ2) is 8.40. The van der Waals surface area contributed by atoms with Gasteiger partial charge in [-0.15, -0.1) is 0 Å². The van der Waals surface area contributed by atoms with E-state index in [-0.39, 0.29) is 16.9 Å². The predicted octanol–water partition coefficient (Wildman–Crippen LogP) is 3.58. The molecule has 0 spiro atoms. The van der Waals surface area contributed by atoms with Crippen molar-refractivity contribution in [3.05, 3.63) is 82.3 Å². The lowest BCUT2D eigenvalue weighted by molar-refractivity contribution is -0.118. The molecule has 0 aliphatic heterocycles. The number of nitriles is 1. The van der Waals surface area contributed by atoms with E-state index in [1.54, 1.807) is 13.0 Å². The number of anilines is 1. The van der Waals surface area contributed by atoms with Gasteiger partial charge < -0.3 is 10.1 Å². The van der Waals surface area contributed by atoms with Gasteiger partial charge in [-0.1, -0.05) is 30.3 Å². The molecule has 2 aromatic carbocycles. The number of methoxy groups -OCH3 is 1. The maximum absolute atomic E-state index is 13.3. The Labute approximate surface area is 184 Å². The monoisotopic (exact) mass is 427 g/mol. The maximum Gasteiger partial charge on any atom is 0.252 e. The molecule has 0 bridgehead atoms. The van der Waals surface area contributed by atoms with Gasteiger partial charge in [-0.05, 0) is 37.6 Å². The molecule has 0 saturated heterocycles. The Morgan fingerprint density at radius 2 is 1.94 bits per heavy atom. The summed E-state index contributed by atoms with van der Waals surface area (Å²) in [5, 5.41) is 17.3. The lowest BCUT2D eigenvalue weighted by Crippen LogP contribution is -2.32. The Morgan fingerprint density at radius 3 is 2.62 bits per heavy atom. The van der Waals surface area contributed by atoms with Crippen LogP contribution in [0, 0.1) is 18.3 Å². The van der Waals surface area contributed by atoms with E-state index in [0.29, 0.717) is 17.0 Å². The van der Waals surface area contributed by atoms with E-state index < -0.39 is 11.9 Å². The topological polar surface area (TPSA) is 102 Å². The summed E-state index contributed by atoms with van der Waals surface area (Å²) >= 11 is 0. The minimum absolute atomic E-state index is 0.216. The number of carbonyl (C=O) groups is 1. The fourth-order valence-electron chi connectivity index (χ4n) is 3.73. The molecule has 0 radical (unpaired) electrons. The molecule has 8 nitrogen and oxygen atoms in total. The minimum atomic E-state index is -0.882. The number of hydrogen-bond acceptors (Lipinski definition) is 5. The fraction of sp³-hybridized carbons (Fsp3) is 0.167. The standard InChI is InChI=1S/C24H21N5O3/c1-15-12-21(30)28(22-19(15)10-7-11-20(22)32-3)16(2)24(31)27-23-17(13-25)14-26-29(23)18-8-5-4-6-9-18/h4-12,14,16H,1-3H3,(H,27,31). The third kappa shape index (κ3) is 3.50. The first-order valence-corrected chi connectivity index (χ1v) is 9.99. The summed E-state index contributed by atoms with van der Waals surface area (Å²) in [4.78, 5) is 26.2. The number of aryl methyl sites for hydroxylation is 1. The first-order valence-electron chi connectivity index (χ1n) is 9.99. The van der Waals surface area contributed by atoms with Crippen LogP contribution in [0.5, 0.6) is 5.75 Å². The molecule has 2 aromatic heterocycles. The molecule has 0 aliphatic rings. The summed E-state index contributed by atoms with van der Waals surface area (Å²) in [6.45, 7) is 3.48. The molecule has 4 aromatic rings. The van der Waals surface area contributed by atoms with E-state index in [9.17, 15) is 14.9 Å². The number of rotatable bonds is 5. The van der Waals surface area contributed by atoms with Crippen LogP contribution in [-0.2, 0) is 4.79 Å². The second-order valence-electron chi connectivity index (χ2n) is 7.32. The zero-order chi connectivity index (χ0) is 22.8. The number of benzene rings is 2. The summed E-state index contributed by atoms with van der Waals surface area (Å²) in [6.07, 6.45) is 1.39. The Bertz CT molecular complexity index is 1410. The lowest BCUT2D eigenvalue weighted by Gasteiger charge is -2.20. The summed E-state index contributed by atoms with van der Waals surface area (Å²) in [5.41, 5.74) is 1.92. The van der Waals surface area contributed by atoms with Gasteiger partial charge in [0.15, 0.2) is 5.82 Å². The summed E-state index contributed by atoms with van der Waals surface area (Å²) < 4.78 is 8.37. The highest BCUT2D eigenvalue weighted by Gasteiger charge is 2.24. The third-order valence-corrected chi connectivity index (χ3v) is 5.36. The van der Waals surface area contributed by atoms with Crippen molar-refractivity contribution in [3.8, 4) is 17.5 Å². The van der Waals surface area contributed by atoms with Crippen molar-refractivity contribution in [2.45, 2.75) is 19.9 Å². The average molecular weight is 427 g/mol. The number of amides is 1. The van der Waals surface area contributed by atoms with Crippen molar-refractivity contribution < 1.29 is 9.53 Å². The second-order valence-corrected chi connectivity index (χ2v) is 7.32. The van der Waals surface area contributed by atoms with Gasteiger partial charge in [-0.2, -0.15) is 10.4 Å². The molecule has 1 unspecified atom stereocenters. The number of para-hydroxylation sites is 2. The molecule has 32 heavy (non-hydrogen) atoms. The predicted molar refractivity (Wildman–Crippen MR) is 121 cm³/mol. The number of fused-ring (bicyclic) bond motifs is 1. The van der Waals surface area contributed by atoms with Crippen molar-refractivity contribution in [1.29, 1.82) is 5.26 Å². The molecular weight excluding hydrogens is 406 g/mol. The zero-order valence-corrected chi connectivity index (χ0v) is 17.9. The van der Waals surface area contributed by atoms with E-state index in [1.807, 2.05) is 55.5 Å². The summed E-state index contributed by atoms with van der Waals surface area (Å²) in [6, 6.07) is 17.3. The number of ether oxygens (including phenoxy) is 1. The van der Waals surface area contributed by atoms with Gasteiger partial charge in [0.1, 0.15) is 23.4 Å². The van der Waals surface area contributed by atoms with E-state index in [1.165, 1.54) is 28.6 Å². The molecule has 0 saturated carbocycles. The van der Waals surface area contributed by atoms with Gasteiger partial charge in [-0.3, -0.25) is 14.2 Å². The Kier molecular flexibility index (Phi) is 5.48. The highest BCUT2D eigenvalue weighted by Crippen LogP contribution is 2.29. The zero-order valence-electron chi connectivity index (χ0n) is 17.9. The molecule has 0 aliphatic carbocycles. The molecular formula is C24H21N5O3. The van der Waals surface area contributed by atoms with Crippen LogP contribution >= 0.6 is 0 Å². The molecule has 160 valence electrons. The summed E-state index contributed by atoms with van der Waals surface area (Å²) in [5.74, 6) is 0.277. The number of nitrogens with one attached hydrogen (secondary N) is 1. The van der Waals surface area contributed by atoms with Crippen LogP contribution in [-0.4, -0.2) is 27.4 Å². The van der Waals surface area contributed by atoms with Crippen LogP contribution < -0.4 is 15.6 Å². The Balaban J connectivity index is 1.79. The van der Waals surface area contributed by atoms with Crippen LogP contribution in [0.4, 0.5) is 5.82 Å². The molecule has 2 heterocycles. The molecule has 4 rings (SSSR count). The SMILES string of the molecule is COc1cccc2c(C)cc(=O)n(C(C)C(=O)Nc3c(C#N)cnn3-c3ccccc3)c12. The highest BCUT2D eigenvalue weighted by atomic mass is 16.5. The number of nitrogens with zero attached hydrogens (tertiary/aromatic N) is 4. The quantitative estimate of drug-likeness (QED) is 0.525. The van der Waals surface area contributed by atoms with Crippen molar-refractivity contribution in [2.24, 2.45) is 0 Å². The first kappa shape index (κ1) is 20.9. The van der Waals surface area contributed by atoms with E-state index in [2.05, 4.69) is 10.4 Å². The smallest absolute Gasteiger partial charge is 0.252 e. The van der Waals surface area contributed by atoms with Gasteiger partial charge in [0.25, 0.3) is 5.56 Å². The first-order chi connectivity index (χ1) is 15.5. The molecule has 1 N–H and O–H groups in total. The molecule has 8 heteroatoms. The van der Waals surface area contributed by atoms with Crippen LogP contribution in [0.2, 0.25) is 0 Å². The van der Waals surface area contributed by atoms with Crippen molar-refractivity contribution in [3.63, 3.8) is 0 Å². The van der Waals surface area contributed by atoms with Crippen molar-refractivity contribution in [1.82, 2.24) is 14.3 Å². The van der Waals surface area contributed by atoms with Gasteiger partial charge in [0.05, 0.1) is 24.5 Å². The van der Waals surface area contributed by atoms with Crippen molar-refractivity contribution >= 4 is 22.6 Å². The third-order valence-electron chi connectivity index (χ3n) is 5.36. The number of hydrogen-bond donors (Lipinski definition) is 1. The average Bonchev–Trinajstić information content (AvgIpc) is 3.21. The highest BCUT2D eigenvalue weighted by molar-refractivity contribution is 5.96. The Morgan fingerprint density at radius 1 is 1.19 bits per heavy atom. The number of pyridine rings is 1. The largest absolute Gasteiger partial charge is 0.495 e. The maximum atomic E-state index is 13.3. The van der Waals surface area contributed by atoms with Crippen LogP contribution in [0.3, 0.4) is 0 Å². The molecule has 1 atom stereocenters. The Hall–Kier alpha value is -4.38. The van der Waals surface area contributed by atoms with Crippen LogP contribution in [0.1, 0.15) is 24.1 Å². The lowest BCUT2D eigenvalue weighted by atomic mass is 10.1. The van der Waals surface area contributed by atoms with E-state index in [4.69, 9.17) is 4.74 Å². The van der Waals surface area contributed by atoms with Crippen molar-refractivity contribution in [2.75, 3.05) is 12.4 Å². The van der Waals surface area contributed by atoms with Crippen LogP contribution in [0.15, 0.2) is 65.6 Å². The summed E-state index contributed by atoms with van der Waals surface area (Å²) in [7, 11) is 1.52. The van der Waals surface area contributed by atoms with E-state index in [0.717, 1.165) is 10.9 Å². The van der Waals surface area contributed by atoms with Gasteiger partial charge in [0.2, 0.25) is 5.91 Å². The number of carbonyl (C=O) groups excluding carboxylic acids is 1. The van der Waals surface area contributed by atoms with Crippen LogP contribution in [0.25, 0.3) is 16.6 Å². The minimum Gasteiger partial charge on any atom is -0.495 e. The van der Waals surface area contributed by atoms with Gasteiger partial charge in [0, 0.05) is 11.5 Å². The molecule has 0 fully saturated rings.